The topological polar surface area (TPSA) is 120 Å². The molecule has 1 fully saturated rings. The SMILES string of the molecule is COc1cccc(Oc2cc(O)n(C(CC3CCOCC3)C(=O)Nc3ccn(CC(C)(C)O)n3)c2)c1Cl. The lowest BCUT2D eigenvalue weighted by molar-refractivity contribution is -0.120. The van der Waals surface area contributed by atoms with E-state index < -0.39 is 11.6 Å². The molecule has 3 aromatic rings. The maximum absolute atomic E-state index is 13.5. The quantitative estimate of drug-likeness (QED) is 0.348. The minimum absolute atomic E-state index is 0.117. The van der Waals surface area contributed by atoms with Crippen LogP contribution in [0.2, 0.25) is 5.02 Å². The van der Waals surface area contributed by atoms with Crippen LogP contribution in [0.4, 0.5) is 5.82 Å². The molecule has 11 heteroatoms. The lowest BCUT2D eigenvalue weighted by Crippen LogP contribution is -2.30. The molecular weight excluding hydrogens is 500 g/mol. The van der Waals surface area contributed by atoms with E-state index in [9.17, 15) is 15.0 Å². The van der Waals surface area contributed by atoms with Crippen molar-refractivity contribution >= 4 is 23.3 Å². The van der Waals surface area contributed by atoms with Gasteiger partial charge >= 0.3 is 0 Å². The Morgan fingerprint density at radius 2 is 2.03 bits per heavy atom. The molecule has 1 atom stereocenters. The smallest absolute Gasteiger partial charge is 0.248 e. The van der Waals surface area contributed by atoms with E-state index in [0.29, 0.717) is 47.7 Å². The second kappa shape index (κ2) is 11.5. The number of hydrogen-bond acceptors (Lipinski definition) is 7. The normalized spacial score (nSPS) is 15.4. The first kappa shape index (κ1) is 26.8. The summed E-state index contributed by atoms with van der Waals surface area (Å²) in [4.78, 5) is 13.5. The van der Waals surface area contributed by atoms with E-state index in [-0.39, 0.29) is 24.2 Å². The second-order valence-electron chi connectivity index (χ2n) is 9.82. The first-order valence-electron chi connectivity index (χ1n) is 12.2. The molecule has 1 aliphatic rings. The van der Waals surface area contributed by atoms with Crippen LogP contribution in [-0.4, -0.2) is 56.4 Å². The number of amides is 1. The van der Waals surface area contributed by atoms with Crippen molar-refractivity contribution < 1.29 is 29.2 Å². The molecule has 1 amide bonds. The highest BCUT2D eigenvalue weighted by molar-refractivity contribution is 6.33. The van der Waals surface area contributed by atoms with E-state index in [1.807, 2.05) is 0 Å². The lowest BCUT2D eigenvalue weighted by atomic mass is 9.92. The number of aromatic hydroxyl groups is 1. The number of nitrogens with zero attached hydrogens (tertiary/aromatic N) is 3. The number of rotatable bonds is 10. The zero-order chi connectivity index (χ0) is 26.6. The number of aliphatic hydroxyl groups is 1. The number of aromatic nitrogens is 3. The summed E-state index contributed by atoms with van der Waals surface area (Å²) in [6, 6.07) is 7.54. The van der Waals surface area contributed by atoms with Gasteiger partial charge in [-0.25, -0.2) is 0 Å². The van der Waals surface area contributed by atoms with Crippen molar-refractivity contribution in [1.29, 1.82) is 0 Å². The fourth-order valence-electron chi connectivity index (χ4n) is 4.37. The van der Waals surface area contributed by atoms with Gasteiger partial charge in [-0.05, 0) is 51.2 Å². The van der Waals surface area contributed by atoms with Crippen LogP contribution in [-0.2, 0) is 16.1 Å². The number of benzene rings is 1. The Hall–Kier alpha value is -3.21. The zero-order valence-electron chi connectivity index (χ0n) is 21.2. The fraction of sp³-hybridized carbons (Fsp3) is 0.462. The number of anilines is 1. The van der Waals surface area contributed by atoms with Gasteiger partial charge in [0.25, 0.3) is 0 Å². The third kappa shape index (κ3) is 6.97. The van der Waals surface area contributed by atoms with Crippen LogP contribution in [0.25, 0.3) is 0 Å². The minimum atomic E-state index is -0.947. The highest BCUT2D eigenvalue weighted by atomic mass is 35.5. The van der Waals surface area contributed by atoms with E-state index in [1.165, 1.54) is 17.7 Å². The molecule has 4 rings (SSSR count). The number of nitrogens with one attached hydrogen (secondary N) is 1. The highest BCUT2D eigenvalue weighted by Crippen LogP contribution is 2.39. The van der Waals surface area contributed by atoms with Gasteiger partial charge in [-0.3, -0.25) is 9.48 Å². The van der Waals surface area contributed by atoms with Crippen LogP contribution in [0, 0.1) is 5.92 Å². The molecule has 3 heterocycles. The van der Waals surface area contributed by atoms with Gasteiger partial charge in [-0.2, -0.15) is 5.10 Å². The van der Waals surface area contributed by atoms with Gasteiger partial charge in [0, 0.05) is 31.5 Å². The molecule has 1 unspecified atom stereocenters. The average molecular weight is 533 g/mol. The Labute approximate surface area is 220 Å². The predicted octanol–water partition coefficient (Wildman–Crippen LogP) is 4.61. The van der Waals surface area contributed by atoms with Crippen molar-refractivity contribution in [2.45, 2.75) is 51.3 Å². The number of carbonyl (C=O) groups is 1. The fourth-order valence-corrected chi connectivity index (χ4v) is 4.61. The molecule has 1 saturated heterocycles. The molecule has 200 valence electrons. The molecule has 2 aromatic heterocycles. The van der Waals surface area contributed by atoms with Crippen molar-refractivity contribution in [3.63, 3.8) is 0 Å². The molecule has 0 saturated carbocycles. The Morgan fingerprint density at radius 1 is 1.30 bits per heavy atom. The molecular formula is C26H33ClN4O6. The van der Waals surface area contributed by atoms with E-state index in [1.54, 1.807) is 55.2 Å². The van der Waals surface area contributed by atoms with Crippen molar-refractivity contribution in [3.05, 3.63) is 47.7 Å². The maximum atomic E-state index is 13.5. The maximum Gasteiger partial charge on any atom is 0.248 e. The van der Waals surface area contributed by atoms with Crippen LogP contribution in [0.3, 0.4) is 0 Å². The molecule has 0 radical (unpaired) electrons. The highest BCUT2D eigenvalue weighted by Gasteiger charge is 2.29. The summed E-state index contributed by atoms with van der Waals surface area (Å²) < 4.78 is 19.7. The van der Waals surface area contributed by atoms with Gasteiger partial charge in [-0.15, -0.1) is 0 Å². The summed E-state index contributed by atoms with van der Waals surface area (Å²) in [5.74, 6) is 1.32. The lowest BCUT2D eigenvalue weighted by Gasteiger charge is -2.27. The second-order valence-corrected chi connectivity index (χ2v) is 10.2. The molecule has 0 aliphatic carbocycles. The van der Waals surface area contributed by atoms with E-state index >= 15 is 0 Å². The van der Waals surface area contributed by atoms with Crippen LogP contribution in [0.5, 0.6) is 23.1 Å². The predicted molar refractivity (Wildman–Crippen MR) is 139 cm³/mol. The number of carbonyl (C=O) groups excluding carboxylic acids is 1. The van der Waals surface area contributed by atoms with Crippen LogP contribution in [0.15, 0.2) is 42.7 Å². The molecule has 10 nitrogen and oxygen atoms in total. The number of hydrogen-bond donors (Lipinski definition) is 3. The largest absolute Gasteiger partial charge is 0.495 e. The monoisotopic (exact) mass is 532 g/mol. The Bertz CT molecular complexity index is 1210. The van der Waals surface area contributed by atoms with Crippen molar-refractivity contribution in [1.82, 2.24) is 14.3 Å². The molecule has 0 bridgehead atoms. The molecule has 0 spiro atoms. The Morgan fingerprint density at radius 3 is 2.73 bits per heavy atom. The first-order chi connectivity index (χ1) is 17.6. The van der Waals surface area contributed by atoms with Crippen LogP contribution >= 0.6 is 11.6 Å². The number of methoxy groups -OCH3 is 1. The molecule has 3 N–H and O–H groups in total. The first-order valence-corrected chi connectivity index (χ1v) is 12.6. The Balaban J connectivity index is 1.56. The minimum Gasteiger partial charge on any atom is -0.495 e. The van der Waals surface area contributed by atoms with E-state index in [4.69, 9.17) is 25.8 Å². The summed E-state index contributed by atoms with van der Waals surface area (Å²) in [6.07, 6.45) is 5.43. The molecule has 37 heavy (non-hydrogen) atoms. The summed E-state index contributed by atoms with van der Waals surface area (Å²) in [6.45, 7) is 4.93. The number of halogens is 1. The van der Waals surface area contributed by atoms with Crippen molar-refractivity contribution in [2.75, 3.05) is 25.6 Å². The van der Waals surface area contributed by atoms with Gasteiger partial charge in [-0.1, -0.05) is 17.7 Å². The summed E-state index contributed by atoms with van der Waals surface area (Å²) in [5.41, 5.74) is -0.947. The van der Waals surface area contributed by atoms with Crippen LogP contribution in [0.1, 0.15) is 39.2 Å². The molecule has 1 aromatic carbocycles. The third-order valence-corrected chi connectivity index (χ3v) is 6.53. The van der Waals surface area contributed by atoms with Gasteiger partial charge in [0.2, 0.25) is 5.91 Å². The van der Waals surface area contributed by atoms with Gasteiger partial charge < -0.3 is 34.3 Å². The van der Waals surface area contributed by atoms with Gasteiger partial charge in [0.05, 0.1) is 25.5 Å². The summed E-state index contributed by atoms with van der Waals surface area (Å²) >= 11 is 6.36. The summed E-state index contributed by atoms with van der Waals surface area (Å²) in [7, 11) is 1.51. The van der Waals surface area contributed by atoms with Crippen LogP contribution < -0.4 is 14.8 Å². The standard InChI is InChI=1S/C26H33ClN4O6/c1-26(2,34)16-30-10-7-22(29-30)28-25(33)19(13-17-8-11-36-12-9-17)31-15-18(14-23(31)32)37-21-6-4-5-20(35-3)24(21)27/h4-7,10,14-15,17,19,32,34H,8-9,11-13,16H2,1-3H3,(H,28,29,33). The Kier molecular flexibility index (Phi) is 8.31. The van der Waals surface area contributed by atoms with Gasteiger partial charge in [0.1, 0.15) is 28.3 Å². The van der Waals surface area contributed by atoms with Crippen molar-refractivity contribution in [2.24, 2.45) is 5.92 Å². The average Bonchev–Trinajstić information content (AvgIpc) is 3.43. The van der Waals surface area contributed by atoms with Crippen molar-refractivity contribution in [3.8, 4) is 23.1 Å². The number of ether oxygens (including phenoxy) is 3. The summed E-state index contributed by atoms with van der Waals surface area (Å²) in [5, 5.41) is 28.4. The third-order valence-electron chi connectivity index (χ3n) is 6.15. The van der Waals surface area contributed by atoms with E-state index in [2.05, 4.69) is 10.4 Å². The zero-order valence-corrected chi connectivity index (χ0v) is 21.9. The van der Waals surface area contributed by atoms with Gasteiger partial charge in [0.15, 0.2) is 11.7 Å². The molecule has 1 aliphatic heterocycles. The van der Waals surface area contributed by atoms with E-state index in [0.717, 1.165) is 12.8 Å².